The molecule has 0 unspecified atom stereocenters. The number of rotatable bonds is 5. The van der Waals surface area contributed by atoms with Gasteiger partial charge in [-0.05, 0) is 121 Å². The average Bonchev–Trinajstić information content (AvgIpc) is 3.27. The van der Waals surface area contributed by atoms with Crippen LogP contribution in [-0.4, -0.2) is 13.3 Å². The molecule has 3 heterocycles. The minimum absolute atomic E-state index is 0.237. The van der Waals surface area contributed by atoms with Crippen molar-refractivity contribution in [2.24, 2.45) is 0 Å². The lowest BCUT2D eigenvalue weighted by Crippen LogP contribution is -2.52. The number of benzene rings is 5. The van der Waals surface area contributed by atoms with Crippen LogP contribution in [0.2, 0.25) is 0 Å². The number of anilines is 2. The summed E-state index contributed by atoms with van der Waals surface area (Å²) in [4.78, 5) is 2.29. The first-order valence-corrected chi connectivity index (χ1v) is 20.4. The van der Waals surface area contributed by atoms with Gasteiger partial charge in [-0.2, -0.15) is 0 Å². The van der Waals surface area contributed by atoms with E-state index in [0.717, 1.165) is 65.2 Å². The fraction of sp³-hybridized carbons (Fsp3) is 0.216. The van der Waals surface area contributed by atoms with Crippen molar-refractivity contribution in [2.45, 2.75) is 68.2 Å². The molecule has 1 aliphatic carbocycles. The monoisotopic (exact) mass is 740 g/mol. The highest BCUT2D eigenvalue weighted by molar-refractivity contribution is 6.94. The maximum Gasteiger partial charge on any atom is 0.260 e. The Balaban J connectivity index is 0.000000196. The van der Waals surface area contributed by atoms with Gasteiger partial charge >= 0.3 is 0 Å². The lowest BCUT2D eigenvalue weighted by Gasteiger charge is -2.35. The van der Waals surface area contributed by atoms with Crippen LogP contribution in [0, 0.1) is 13.8 Å². The summed E-state index contributed by atoms with van der Waals surface area (Å²) in [6.07, 6.45) is 12.9. The fourth-order valence-electron chi connectivity index (χ4n) is 7.36. The van der Waals surface area contributed by atoms with Gasteiger partial charge in [0.15, 0.2) is 0 Å². The van der Waals surface area contributed by atoms with E-state index in [4.69, 9.17) is 9.47 Å². The van der Waals surface area contributed by atoms with Crippen molar-refractivity contribution in [2.75, 3.05) is 11.4 Å². The summed E-state index contributed by atoms with van der Waals surface area (Å²) in [7, 11) is 0. The molecule has 3 aliphatic heterocycles. The number of fused-ring (bicyclic) bond motifs is 4. The topological polar surface area (TPSA) is 33.7 Å². The third-order valence-corrected chi connectivity index (χ3v) is 9.78. The first-order valence-electron chi connectivity index (χ1n) is 20.4. The van der Waals surface area contributed by atoms with Gasteiger partial charge in [0.1, 0.15) is 23.0 Å². The number of nitrogens with one attached hydrogen (secondary N) is 1. The van der Waals surface area contributed by atoms with Gasteiger partial charge in [-0.1, -0.05) is 133 Å². The molecule has 0 atom stereocenters. The Labute approximate surface area is 336 Å². The normalized spacial score (nSPS) is 13.7. The quantitative estimate of drug-likeness (QED) is 0.182. The zero-order chi connectivity index (χ0) is 40.0. The average molecular weight is 741 g/mol. The Morgan fingerprint density at radius 2 is 1.29 bits per heavy atom. The van der Waals surface area contributed by atoms with Crippen LogP contribution in [0.1, 0.15) is 65.5 Å². The molecule has 0 fully saturated rings. The summed E-state index contributed by atoms with van der Waals surface area (Å²) in [6, 6.07) is 40.1. The highest BCUT2D eigenvalue weighted by atomic mass is 16.5. The van der Waals surface area contributed by atoms with E-state index < -0.39 is 0 Å². The smallest absolute Gasteiger partial charge is 0.260 e. The number of ether oxygens (including phenoxy) is 2. The van der Waals surface area contributed by atoms with Crippen molar-refractivity contribution >= 4 is 29.0 Å². The third-order valence-electron chi connectivity index (χ3n) is 9.78. The van der Waals surface area contributed by atoms with Gasteiger partial charge in [-0.3, -0.25) is 0 Å². The number of allylic oxidation sites excluding steroid dienone is 5. The van der Waals surface area contributed by atoms with E-state index in [-0.39, 0.29) is 6.71 Å². The Morgan fingerprint density at radius 1 is 0.643 bits per heavy atom. The standard InChI is InChI=1S/C27H26N2.C18H13BO2.3C2H6/c1-4-26-27(15-10-18-28-26)29(22-12-6-5-7-13-22)23-17-16-21(3)25(19-23)24-14-9-8-11-20(24)2;1-3-8-14-12(6-1)19-13-7-2-4-9-15(13)21-17-11-5-10-16(20-14)18(17)19;3*1-2/h4-17,19,28H,1,18H2,2-3H3;1,3,5-11H,2,4H2;3*1-2H3. The number of hydrogen-bond donors (Lipinski definition) is 1. The molecule has 9 rings (SSSR count). The number of hydrogen-bond acceptors (Lipinski definition) is 4. The van der Waals surface area contributed by atoms with Gasteiger partial charge in [0.05, 0.1) is 11.4 Å². The van der Waals surface area contributed by atoms with Crippen LogP contribution in [0.25, 0.3) is 11.1 Å². The molecule has 0 saturated heterocycles. The molecule has 0 saturated carbocycles. The highest BCUT2D eigenvalue weighted by Gasteiger charge is 2.41. The SMILES string of the molecule is C1=C2Oc3cccc4c3B(C2=CCC1)c1ccccc1O4.C=CC1=C(N(c2ccccc2)c2ccc(C)c(-c3ccccc3C)c2)C=CCN1.CC.CC.CC. The lowest BCUT2D eigenvalue weighted by molar-refractivity contribution is 0.426. The first-order chi connectivity index (χ1) is 27.6. The molecule has 5 aromatic rings. The molecule has 0 spiro atoms. The molecule has 4 nitrogen and oxygen atoms in total. The Morgan fingerprint density at radius 3 is 2.04 bits per heavy atom. The summed E-state index contributed by atoms with van der Waals surface area (Å²) in [5.74, 6) is 3.83. The van der Waals surface area contributed by atoms with Crippen molar-refractivity contribution in [3.63, 3.8) is 0 Å². The van der Waals surface area contributed by atoms with Crippen LogP contribution < -0.4 is 30.6 Å². The van der Waals surface area contributed by atoms with Gasteiger partial charge in [0.25, 0.3) is 6.71 Å². The van der Waals surface area contributed by atoms with Crippen LogP contribution in [0.15, 0.2) is 175 Å². The Kier molecular flexibility index (Phi) is 14.8. The zero-order valence-corrected chi connectivity index (χ0v) is 34.5. The third kappa shape index (κ3) is 8.63. The molecule has 0 bridgehead atoms. The molecule has 286 valence electrons. The molecular weight excluding hydrogens is 683 g/mol. The van der Waals surface area contributed by atoms with Gasteiger partial charge in [-0.25, -0.2) is 0 Å². The number of aryl methyl sites for hydroxylation is 2. The predicted molar refractivity (Wildman–Crippen MR) is 242 cm³/mol. The minimum atomic E-state index is 0.237. The van der Waals surface area contributed by atoms with E-state index in [9.17, 15) is 0 Å². The summed E-state index contributed by atoms with van der Waals surface area (Å²) in [5.41, 5.74) is 13.2. The second kappa shape index (κ2) is 20.1. The van der Waals surface area contributed by atoms with Gasteiger partial charge < -0.3 is 19.7 Å². The number of dihydropyridines is 1. The predicted octanol–water partition coefficient (Wildman–Crippen LogP) is 12.7. The number of para-hydroxylation sites is 2. The summed E-state index contributed by atoms with van der Waals surface area (Å²) >= 11 is 0. The van der Waals surface area contributed by atoms with Gasteiger partial charge in [0.2, 0.25) is 0 Å². The minimum Gasteiger partial charge on any atom is -0.459 e. The molecule has 0 aromatic heterocycles. The molecular formula is C51H57BN2O2. The molecule has 56 heavy (non-hydrogen) atoms. The van der Waals surface area contributed by atoms with Gasteiger partial charge in [0, 0.05) is 23.4 Å². The summed E-state index contributed by atoms with van der Waals surface area (Å²) < 4.78 is 12.2. The molecule has 5 heteroatoms. The van der Waals surface area contributed by atoms with E-state index in [1.807, 2.05) is 84.0 Å². The van der Waals surface area contributed by atoms with Crippen molar-refractivity contribution < 1.29 is 9.47 Å². The van der Waals surface area contributed by atoms with E-state index in [1.165, 1.54) is 38.7 Å². The Hall–Kier alpha value is -5.94. The maximum absolute atomic E-state index is 6.11. The summed E-state index contributed by atoms with van der Waals surface area (Å²) in [5, 5.41) is 3.44. The van der Waals surface area contributed by atoms with Crippen LogP contribution in [0.3, 0.4) is 0 Å². The van der Waals surface area contributed by atoms with E-state index >= 15 is 0 Å². The van der Waals surface area contributed by atoms with Crippen LogP contribution in [0.4, 0.5) is 11.4 Å². The second-order valence-corrected chi connectivity index (χ2v) is 12.9. The molecule has 0 radical (unpaired) electrons. The second-order valence-electron chi connectivity index (χ2n) is 12.9. The van der Waals surface area contributed by atoms with Gasteiger partial charge in [-0.15, -0.1) is 0 Å². The fourth-order valence-corrected chi connectivity index (χ4v) is 7.36. The zero-order valence-electron chi connectivity index (χ0n) is 34.5. The largest absolute Gasteiger partial charge is 0.459 e. The first kappa shape index (κ1) is 41.2. The lowest BCUT2D eigenvalue weighted by atomic mass is 9.33. The maximum atomic E-state index is 6.11. The van der Waals surface area contributed by atoms with E-state index in [1.54, 1.807) is 0 Å². The Bertz CT molecular complexity index is 2230. The highest BCUT2D eigenvalue weighted by Crippen LogP contribution is 2.39. The van der Waals surface area contributed by atoms with Crippen molar-refractivity contribution in [1.29, 1.82) is 0 Å². The van der Waals surface area contributed by atoms with E-state index in [2.05, 4.69) is 134 Å². The molecule has 4 aliphatic rings. The van der Waals surface area contributed by atoms with Crippen LogP contribution in [0.5, 0.6) is 17.2 Å². The number of nitrogens with zero attached hydrogens (tertiary/aromatic N) is 1. The van der Waals surface area contributed by atoms with Crippen molar-refractivity contribution in [3.8, 4) is 28.4 Å². The van der Waals surface area contributed by atoms with Crippen LogP contribution in [-0.2, 0) is 0 Å². The van der Waals surface area contributed by atoms with Crippen LogP contribution >= 0.6 is 0 Å². The molecule has 5 aromatic carbocycles. The summed E-state index contributed by atoms with van der Waals surface area (Å²) in [6.45, 7) is 21.4. The van der Waals surface area contributed by atoms with E-state index in [0.29, 0.717) is 0 Å². The van der Waals surface area contributed by atoms with Crippen molar-refractivity contribution in [1.82, 2.24) is 5.32 Å². The molecule has 1 N–H and O–H groups in total. The van der Waals surface area contributed by atoms with Crippen molar-refractivity contribution in [3.05, 3.63) is 186 Å². The molecule has 0 amide bonds.